The van der Waals surface area contributed by atoms with Crippen LogP contribution in [-0.2, 0) is 16.6 Å². The molecule has 0 aromatic heterocycles. The van der Waals surface area contributed by atoms with Crippen molar-refractivity contribution < 1.29 is 34.8 Å². The molecule has 232 valence electrons. The van der Waals surface area contributed by atoms with Crippen LogP contribution in [0.1, 0.15) is 119 Å². The Morgan fingerprint density at radius 3 is 1.84 bits per heavy atom. The normalized spacial score (nSPS) is 23.6. The molecular weight excluding hydrogens is 558 g/mol. The molecule has 0 aliphatic heterocycles. The van der Waals surface area contributed by atoms with Gasteiger partial charge in [0.25, 0.3) is 0 Å². The molecule has 6 N–H and O–H groups in total. The lowest BCUT2D eigenvalue weighted by atomic mass is 9.49. The molecule has 8 heteroatoms. The summed E-state index contributed by atoms with van der Waals surface area (Å²) < 4.78 is 0. The minimum atomic E-state index is -0.825. The highest BCUT2D eigenvalue weighted by Crippen LogP contribution is 2.57. The van der Waals surface area contributed by atoms with Crippen LogP contribution in [0.4, 0.5) is 0 Å². The van der Waals surface area contributed by atoms with Crippen molar-refractivity contribution in [1.82, 2.24) is 0 Å². The third-order valence-electron chi connectivity index (χ3n) is 10.5. The number of phenols is 4. The van der Waals surface area contributed by atoms with E-state index in [1.54, 1.807) is 0 Å². The second kappa shape index (κ2) is 10.7. The lowest BCUT2D eigenvalue weighted by Gasteiger charge is -2.54. The zero-order valence-corrected chi connectivity index (χ0v) is 26.2. The molecule has 6 rings (SSSR count). The topological polar surface area (TPSA) is 158 Å². The summed E-state index contributed by atoms with van der Waals surface area (Å²) in [6.45, 7) is 11.9. The van der Waals surface area contributed by atoms with Gasteiger partial charge in [0.05, 0.1) is 22.3 Å². The molecule has 1 amide bonds. The molecule has 0 bridgehead atoms. The Bertz CT molecular complexity index is 1670. The lowest BCUT2D eigenvalue weighted by molar-refractivity contribution is -0.135. The minimum absolute atomic E-state index is 0.102. The van der Waals surface area contributed by atoms with Gasteiger partial charge in [0.1, 0.15) is 23.0 Å². The summed E-state index contributed by atoms with van der Waals surface area (Å²) >= 11 is 0. The van der Waals surface area contributed by atoms with E-state index < -0.39 is 34.6 Å². The van der Waals surface area contributed by atoms with Crippen molar-refractivity contribution in [2.45, 2.75) is 85.0 Å². The van der Waals surface area contributed by atoms with Crippen molar-refractivity contribution in [2.75, 3.05) is 0 Å². The van der Waals surface area contributed by atoms with Gasteiger partial charge in [-0.05, 0) is 96.7 Å². The standard InChI is InChI=1S/C20H29NO.C16H12O6/c1-13(2)14-6-8-16-15(12-14)7-9-17-19(16,3)10-5-11-20(17,4)18(21)22;1-5-3-7(17)9-11(13(5)19)15(21)10-8(18)4-6(2)14(20)12(10)16(9)22/h6,8,12-13,17H,5,7,9-11H2,1-4H3,(H2,21,22);3-4,17-20H,1-2H3. The predicted molar refractivity (Wildman–Crippen MR) is 167 cm³/mol. The SMILES string of the molecule is CC(C)c1ccc2c(c1)CCC1C(C)(C(N)=O)CCCC21C.Cc1cc(O)c2c(c1O)C(=O)c1c(O)cc(C)c(O)c1C2=O. The van der Waals surface area contributed by atoms with E-state index in [0.29, 0.717) is 11.8 Å². The van der Waals surface area contributed by atoms with E-state index in [0.717, 1.165) is 37.8 Å². The summed E-state index contributed by atoms with van der Waals surface area (Å²) in [5.41, 5.74) is 8.92. The summed E-state index contributed by atoms with van der Waals surface area (Å²) in [6.07, 6.45) is 5.39. The van der Waals surface area contributed by atoms with Gasteiger partial charge in [-0.3, -0.25) is 14.4 Å². The third-order valence-corrected chi connectivity index (χ3v) is 10.5. The molecule has 3 aliphatic carbocycles. The number of carbonyl (C=O) groups is 3. The number of amides is 1. The van der Waals surface area contributed by atoms with Crippen LogP contribution in [-0.4, -0.2) is 37.9 Å². The molecule has 0 heterocycles. The van der Waals surface area contributed by atoms with Crippen LogP contribution in [0.5, 0.6) is 23.0 Å². The van der Waals surface area contributed by atoms with Crippen LogP contribution in [0.15, 0.2) is 30.3 Å². The monoisotopic (exact) mass is 599 g/mol. The second-order valence-corrected chi connectivity index (χ2v) is 13.5. The van der Waals surface area contributed by atoms with Crippen molar-refractivity contribution in [3.8, 4) is 23.0 Å². The summed E-state index contributed by atoms with van der Waals surface area (Å²) in [6, 6.07) is 9.35. The fraction of sp³-hybridized carbons (Fsp3) is 0.417. The molecule has 0 spiro atoms. The fourth-order valence-electron chi connectivity index (χ4n) is 7.90. The fourth-order valence-corrected chi connectivity index (χ4v) is 7.90. The number of carbonyl (C=O) groups excluding carboxylic acids is 3. The summed E-state index contributed by atoms with van der Waals surface area (Å²) in [4.78, 5) is 37.3. The van der Waals surface area contributed by atoms with E-state index in [1.807, 2.05) is 0 Å². The highest BCUT2D eigenvalue weighted by Gasteiger charge is 2.54. The quantitative estimate of drug-likeness (QED) is 0.171. The lowest BCUT2D eigenvalue weighted by Crippen LogP contribution is -2.54. The van der Waals surface area contributed by atoms with Crippen LogP contribution in [0.25, 0.3) is 0 Å². The van der Waals surface area contributed by atoms with Gasteiger partial charge in [0.2, 0.25) is 17.5 Å². The van der Waals surface area contributed by atoms with Crippen LogP contribution in [0, 0.1) is 25.2 Å². The van der Waals surface area contributed by atoms with Crippen LogP contribution >= 0.6 is 0 Å². The van der Waals surface area contributed by atoms with E-state index in [9.17, 15) is 34.8 Å². The first-order chi connectivity index (χ1) is 20.5. The van der Waals surface area contributed by atoms with Crippen LogP contribution in [0.3, 0.4) is 0 Å². The highest BCUT2D eigenvalue weighted by molar-refractivity contribution is 6.32. The van der Waals surface area contributed by atoms with E-state index >= 15 is 0 Å². The number of benzene rings is 3. The Balaban J connectivity index is 0.000000175. The zero-order chi connectivity index (χ0) is 32.5. The number of ketones is 2. The Hall–Kier alpha value is -4.33. The smallest absolute Gasteiger partial charge is 0.223 e. The third kappa shape index (κ3) is 4.54. The second-order valence-electron chi connectivity index (χ2n) is 13.5. The molecule has 8 nitrogen and oxygen atoms in total. The van der Waals surface area contributed by atoms with E-state index in [2.05, 4.69) is 45.9 Å². The molecule has 0 saturated heterocycles. The number of hydrogen-bond acceptors (Lipinski definition) is 7. The van der Waals surface area contributed by atoms with Gasteiger partial charge in [-0.15, -0.1) is 0 Å². The van der Waals surface area contributed by atoms with Crippen LogP contribution < -0.4 is 5.73 Å². The van der Waals surface area contributed by atoms with E-state index in [1.165, 1.54) is 37.0 Å². The van der Waals surface area contributed by atoms with E-state index in [-0.39, 0.29) is 50.1 Å². The Kier molecular flexibility index (Phi) is 7.55. The highest BCUT2D eigenvalue weighted by atomic mass is 16.3. The van der Waals surface area contributed by atoms with Gasteiger partial charge in [-0.1, -0.05) is 52.3 Å². The molecular formula is C36H41NO7. The Labute approximate surface area is 257 Å². The van der Waals surface area contributed by atoms with Crippen molar-refractivity contribution >= 4 is 17.5 Å². The zero-order valence-electron chi connectivity index (χ0n) is 26.2. The Morgan fingerprint density at radius 1 is 0.841 bits per heavy atom. The van der Waals surface area contributed by atoms with Crippen molar-refractivity contribution in [3.63, 3.8) is 0 Å². The number of aromatic hydroxyl groups is 4. The molecule has 3 unspecified atom stereocenters. The maximum atomic E-state index is 12.6. The number of hydrogen-bond donors (Lipinski definition) is 5. The predicted octanol–water partition coefficient (Wildman–Crippen LogP) is 6.21. The average Bonchev–Trinajstić information content (AvgIpc) is 2.95. The maximum absolute atomic E-state index is 12.6. The molecule has 3 aromatic carbocycles. The number of rotatable bonds is 2. The van der Waals surface area contributed by atoms with Crippen molar-refractivity contribution in [3.05, 3.63) is 80.4 Å². The van der Waals surface area contributed by atoms with Gasteiger partial charge >= 0.3 is 0 Å². The number of nitrogens with two attached hydrogens (primary N) is 1. The molecule has 3 aliphatic rings. The molecule has 3 atom stereocenters. The number of phenolic OH excluding ortho intramolecular Hbond substituents is 4. The van der Waals surface area contributed by atoms with Gasteiger partial charge in [0, 0.05) is 5.41 Å². The van der Waals surface area contributed by atoms with Gasteiger partial charge in [-0.25, -0.2) is 0 Å². The number of fused-ring (bicyclic) bond motifs is 5. The largest absolute Gasteiger partial charge is 0.507 e. The minimum Gasteiger partial charge on any atom is -0.507 e. The maximum Gasteiger partial charge on any atom is 0.223 e. The summed E-state index contributed by atoms with van der Waals surface area (Å²) in [5, 5.41) is 40.1. The van der Waals surface area contributed by atoms with E-state index in [4.69, 9.17) is 5.73 Å². The van der Waals surface area contributed by atoms with Crippen LogP contribution in [0.2, 0.25) is 0 Å². The van der Waals surface area contributed by atoms with Gasteiger partial charge in [-0.2, -0.15) is 0 Å². The van der Waals surface area contributed by atoms with Crippen molar-refractivity contribution in [1.29, 1.82) is 0 Å². The molecule has 44 heavy (non-hydrogen) atoms. The number of primary amides is 1. The average molecular weight is 600 g/mol. The van der Waals surface area contributed by atoms with Gasteiger partial charge < -0.3 is 26.2 Å². The molecule has 3 aromatic rings. The number of aryl methyl sites for hydroxylation is 3. The first-order valence-electron chi connectivity index (χ1n) is 15.2. The Morgan fingerprint density at radius 2 is 1.36 bits per heavy atom. The van der Waals surface area contributed by atoms with Gasteiger partial charge in [0.15, 0.2) is 0 Å². The van der Waals surface area contributed by atoms with Crippen molar-refractivity contribution in [2.24, 2.45) is 17.1 Å². The molecule has 0 radical (unpaired) electrons. The summed E-state index contributed by atoms with van der Waals surface area (Å²) in [5.74, 6) is -2.60. The molecule has 1 fully saturated rings. The first-order valence-corrected chi connectivity index (χ1v) is 15.2. The molecule has 1 saturated carbocycles. The first kappa shape index (κ1) is 31.1. The summed E-state index contributed by atoms with van der Waals surface area (Å²) in [7, 11) is 0.